The lowest BCUT2D eigenvalue weighted by Gasteiger charge is -2.15. The van der Waals surface area contributed by atoms with Gasteiger partial charge in [0.25, 0.3) is 0 Å². The number of hydrogen-bond donors (Lipinski definition) is 1. The third-order valence-electron chi connectivity index (χ3n) is 5.64. The van der Waals surface area contributed by atoms with Crippen LogP contribution in [-0.4, -0.2) is 59.0 Å². The Bertz CT molecular complexity index is 1320. The van der Waals surface area contributed by atoms with Gasteiger partial charge in [-0.25, -0.2) is 8.42 Å². The number of nitrogens with zero attached hydrogens (tertiary/aromatic N) is 4. The van der Waals surface area contributed by atoms with Gasteiger partial charge in [0.15, 0.2) is 22.5 Å². The predicted octanol–water partition coefficient (Wildman–Crippen LogP) is 2.73. The molecular weight excluding hydrogens is 478 g/mol. The lowest BCUT2D eigenvalue weighted by molar-refractivity contribution is -0.113. The molecule has 3 heterocycles. The smallest absolute Gasteiger partial charge is 0.243 e. The molecule has 1 amide bonds. The highest BCUT2D eigenvalue weighted by atomic mass is 32.2. The topological polar surface area (TPSA) is 116 Å². The van der Waals surface area contributed by atoms with Gasteiger partial charge in [-0.05, 0) is 49.2 Å². The van der Waals surface area contributed by atoms with Crippen LogP contribution in [0.5, 0.6) is 11.5 Å². The van der Waals surface area contributed by atoms with Crippen LogP contribution in [0, 0.1) is 0 Å². The average molecular weight is 502 g/mol. The van der Waals surface area contributed by atoms with E-state index in [0.717, 1.165) is 18.4 Å². The van der Waals surface area contributed by atoms with E-state index >= 15 is 0 Å². The molecule has 0 spiro atoms. The van der Waals surface area contributed by atoms with E-state index < -0.39 is 10.0 Å². The summed E-state index contributed by atoms with van der Waals surface area (Å²) in [6.45, 7) is 1.31. The molecule has 0 saturated carbocycles. The van der Waals surface area contributed by atoms with E-state index in [2.05, 4.69) is 15.5 Å². The van der Waals surface area contributed by atoms with Gasteiger partial charge in [-0.15, -0.1) is 10.2 Å². The molecule has 1 N–H and O–H groups in total. The summed E-state index contributed by atoms with van der Waals surface area (Å²) in [5, 5.41) is 11.8. The highest BCUT2D eigenvalue weighted by Crippen LogP contribution is 2.34. The molecule has 0 bridgehead atoms. The van der Waals surface area contributed by atoms with Crippen LogP contribution in [0.3, 0.4) is 0 Å². The first-order chi connectivity index (χ1) is 16.4. The Kier molecular flexibility index (Phi) is 6.19. The molecule has 0 unspecified atom stereocenters. The van der Waals surface area contributed by atoms with Crippen LogP contribution >= 0.6 is 11.8 Å². The fourth-order valence-corrected chi connectivity index (χ4v) is 6.08. The van der Waals surface area contributed by atoms with Crippen LogP contribution < -0.4 is 14.8 Å². The van der Waals surface area contributed by atoms with Crippen molar-refractivity contribution in [2.45, 2.75) is 22.9 Å². The van der Waals surface area contributed by atoms with E-state index in [-0.39, 0.29) is 23.3 Å². The molecule has 1 saturated heterocycles. The summed E-state index contributed by atoms with van der Waals surface area (Å²) in [6, 6.07) is 11.9. The highest BCUT2D eigenvalue weighted by molar-refractivity contribution is 7.99. The monoisotopic (exact) mass is 501 g/mol. The summed E-state index contributed by atoms with van der Waals surface area (Å²) in [5.41, 5.74) is 1.37. The molecule has 2 aliphatic heterocycles. The minimum atomic E-state index is -3.46. The molecule has 178 valence electrons. The third-order valence-corrected chi connectivity index (χ3v) is 8.57. The van der Waals surface area contributed by atoms with Crippen molar-refractivity contribution in [1.82, 2.24) is 19.1 Å². The zero-order chi connectivity index (χ0) is 23.7. The van der Waals surface area contributed by atoms with Gasteiger partial charge in [0.05, 0.1) is 10.6 Å². The number of aromatic nitrogens is 3. The largest absolute Gasteiger partial charge is 0.454 e. The number of nitrogens with one attached hydrogen (secondary N) is 1. The first kappa shape index (κ1) is 22.7. The van der Waals surface area contributed by atoms with Crippen LogP contribution in [0.2, 0.25) is 0 Å². The Hall–Kier alpha value is -3.09. The van der Waals surface area contributed by atoms with Crippen molar-refractivity contribution in [3.8, 4) is 22.9 Å². The molecule has 1 fully saturated rings. The molecule has 3 aromatic rings. The van der Waals surface area contributed by atoms with E-state index in [9.17, 15) is 13.2 Å². The number of carbonyl (C=O) groups excluding carboxylic acids is 1. The molecule has 0 radical (unpaired) electrons. The second-order valence-electron chi connectivity index (χ2n) is 7.91. The van der Waals surface area contributed by atoms with Crippen molar-refractivity contribution in [2.24, 2.45) is 7.05 Å². The number of amides is 1. The summed E-state index contributed by atoms with van der Waals surface area (Å²) in [4.78, 5) is 12.7. The summed E-state index contributed by atoms with van der Waals surface area (Å²) in [5.74, 6) is 1.80. The summed E-state index contributed by atoms with van der Waals surface area (Å²) in [7, 11) is -1.66. The number of ether oxygens (including phenoxy) is 2. The number of benzene rings is 2. The maximum atomic E-state index is 12.7. The molecule has 2 aromatic carbocycles. The number of fused-ring (bicyclic) bond motifs is 1. The summed E-state index contributed by atoms with van der Waals surface area (Å²) < 4.78 is 39.4. The van der Waals surface area contributed by atoms with Gasteiger partial charge in [-0.1, -0.05) is 11.8 Å². The number of rotatable bonds is 7. The maximum Gasteiger partial charge on any atom is 0.243 e. The fourth-order valence-electron chi connectivity index (χ4n) is 3.85. The number of hydrogen-bond acceptors (Lipinski definition) is 8. The lowest BCUT2D eigenvalue weighted by Crippen LogP contribution is -2.27. The Morgan fingerprint density at radius 2 is 1.79 bits per heavy atom. The van der Waals surface area contributed by atoms with Crippen LogP contribution in [0.15, 0.2) is 52.5 Å². The van der Waals surface area contributed by atoms with Crippen molar-refractivity contribution in [3.63, 3.8) is 0 Å². The Morgan fingerprint density at radius 1 is 1.06 bits per heavy atom. The quantitative estimate of drug-likeness (QED) is 0.492. The predicted molar refractivity (Wildman–Crippen MR) is 126 cm³/mol. The third kappa shape index (κ3) is 4.48. The van der Waals surface area contributed by atoms with E-state index in [0.29, 0.717) is 41.3 Å². The lowest BCUT2D eigenvalue weighted by atomic mass is 10.2. The van der Waals surface area contributed by atoms with Crippen LogP contribution in [0.1, 0.15) is 12.8 Å². The van der Waals surface area contributed by atoms with Gasteiger partial charge in [-0.3, -0.25) is 4.79 Å². The van der Waals surface area contributed by atoms with Crippen molar-refractivity contribution >= 4 is 33.4 Å². The molecular formula is C22H23N5O5S2. The zero-order valence-corrected chi connectivity index (χ0v) is 20.1. The zero-order valence-electron chi connectivity index (χ0n) is 18.4. The molecule has 1 aromatic heterocycles. The fraction of sp³-hybridized carbons (Fsp3) is 0.318. The molecule has 10 nitrogen and oxygen atoms in total. The molecule has 2 aliphatic rings. The van der Waals surface area contributed by atoms with Crippen LogP contribution in [0.4, 0.5) is 5.69 Å². The number of sulfonamides is 1. The molecule has 0 atom stereocenters. The number of thioether (sulfide) groups is 1. The number of carbonyl (C=O) groups is 1. The Morgan fingerprint density at radius 3 is 2.56 bits per heavy atom. The second kappa shape index (κ2) is 9.28. The normalized spacial score (nSPS) is 15.6. The van der Waals surface area contributed by atoms with Gasteiger partial charge in [0.1, 0.15) is 0 Å². The molecule has 12 heteroatoms. The Balaban J connectivity index is 1.22. The van der Waals surface area contributed by atoms with Crippen molar-refractivity contribution in [2.75, 3.05) is 31.0 Å². The first-order valence-corrected chi connectivity index (χ1v) is 13.2. The van der Waals surface area contributed by atoms with Crippen molar-refractivity contribution in [1.29, 1.82) is 0 Å². The highest BCUT2D eigenvalue weighted by Gasteiger charge is 2.27. The van der Waals surface area contributed by atoms with Gasteiger partial charge in [0.2, 0.25) is 22.7 Å². The SMILES string of the molecule is Cn1c(SCC(=O)Nc2ccc3c(c2)OCO3)nnc1-c1ccc(S(=O)(=O)N2CCCC2)cc1. The number of anilines is 1. The van der Waals surface area contributed by atoms with E-state index in [1.807, 2.05) is 7.05 Å². The van der Waals surface area contributed by atoms with Gasteiger partial charge < -0.3 is 19.4 Å². The maximum absolute atomic E-state index is 12.7. The molecule has 5 rings (SSSR count). The molecule has 0 aliphatic carbocycles. The van der Waals surface area contributed by atoms with E-state index in [1.54, 1.807) is 47.0 Å². The van der Waals surface area contributed by atoms with Crippen LogP contribution in [0.25, 0.3) is 11.4 Å². The summed E-state index contributed by atoms with van der Waals surface area (Å²) >= 11 is 1.26. The van der Waals surface area contributed by atoms with Crippen molar-refractivity contribution < 1.29 is 22.7 Å². The van der Waals surface area contributed by atoms with E-state index in [4.69, 9.17) is 9.47 Å². The van der Waals surface area contributed by atoms with Crippen molar-refractivity contribution in [3.05, 3.63) is 42.5 Å². The minimum Gasteiger partial charge on any atom is -0.454 e. The molecule has 34 heavy (non-hydrogen) atoms. The average Bonchev–Trinajstić information content (AvgIpc) is 3.59. The van der Waals surface area contributed by atoms with Gasteiger partial charge in [-0.2, -0.15) is 4.31 Å². The van der Waals surface area contributed by atoms with Gasteiger partial charge >= 0.3 is 0 Å². The first-order valence-electron chi connectivity index (χ1n) is 10.7. The van der Waals surface area contributed by atoms with Gasteiger partial charge in [0, 0.05) is 37.5 Å². The second-order valence-corrected chi connectivity index (χ2v) is 10.8. The minimum absolute atomic E-state index is 0.146. The van der Waals surface area contributed by atoms with E-state index in [1.165, 1.54) is 16.1 Å². The standard InChI is InChI=1S/C22H23N5O5S2/c1-26-21(15-4-7-17(8-5-15)34(29,30)27-10-2-3-11-27)24-25-22(26)33-13-20(28)23-16-6-9-18-19(12-16)32-14-31-18/h4-9,12H,2-3,10-11,13-14H2,1H3,(H,23,28). The summed E-state index contributed by atoms with van der Waals surface area (Å²) in [6.07, 6.45) is 1.79. The van der Waals surface area contributed by atoms with Crippen LogP contribution in [-0.2, 0) is 21.9 Å². The Labute approximate surface area is 201 Å².